The van der Waals surface area contributed by atoms with Crippen LogP contribution in [0.1, 0.15) is 37.4 Å². The zero-order valence-corrected chi connectivity index (χ0v) is 10.8. The van der Waals surface area contributed by atoms with E-state index < -0.39 is 0 Å². The van der Waals surface area contributed by atoms with Crippen molar-refractivity contribution in [3.63, 3.8) is 0 Å². The van der Waals surface area contributed by atoms with Gasteiger partial charge in [-0.3, -0.25) is 0 Å². The number of fused-ring (bicyclic) bond motifs is 1. The molecule has 0 unspecified atom stereocenters. The van der Waals surface area contributed by atoms with Gasteiger partial charge in [-0.05, 0) is 23.2 Å². The van der Waals surface area contributed by atoms with Gasteiger partial charge in [-0.2, -0.15) is 9.61 Å². The van der Waals surface area contributed by atoms with E-state index >= 15 is 0 Å². The molecule has 0 aliphatic heterocycles. The van der Waals surface area contributed by atoms with Crippen LogP contribution in [0.15, 0.2) is 4.63 Å². The maximum absolute atomic E-state index is 5.68. The molecule has 1 aliphatic carbocycles. The number of nitrogens with two attached hydrogens (primary N) is 1. The van der Waals surface area contributed by atoms with Gasteiger partial charge in [0.25, 0.3) is 0 Å². The van der Waals surface area contributed by atoms with Crippen molar-refractivity contribution in [3.8, 4) is 10.7 Å². The summed E-state index contributed by atoms with van der Waals surface area (Å²) in [7, 11) is 0. The lowest BCUT2D eigenvalue weighted by atomic mass is 10.1. The van der Waals surface area contributed by atoms with Crippen LogP contribution in [0.25, 0.3) is 15.7 Å². The second-order valence-electron chi connectivity index (χ2n) is 4.64. The molecule has 0 aromatic carbocycles. The largest absolute Gasteiger partial charge is 0.379 e. The van der Waals surface area contributed by atoms with Gasteiger partial charge < -0.3 is 5.73 Å². The minimum absolute atomic E-state index is 0.243. The Labute approximate surface area is 111 Å². The van der Waals surface area contributed by atoms with E-state index in [0.717, 1.165) is 23.6 Å². The van der Waals surface area contributed by atoms with Crippen molar-refractivity contribution >= 4 is 22.1 Å². The van der Waals surface area contributed by atoms with Crippen molar-refractivity contribution in [2.45, 2.75) is 31.6 Å². The molecule has 3 aromatic heterocycles. The Hall–Kier alpha value is -2.03. The standard InChI is InChI=1S/C10H11N7OS/c11-7-6(15-18-16-7)9-14-17-8(5-3-1-2-4-5)12-13-10(17)19-9/h5H,1-4H2,(H2,11,16). The average molecular weight is 277 g/mol. The number of hydrogen-bond donors (Lipinski definition) is 1. The predicted molar refractivity (Wildman–Crippen MR) is 67.6 cm³/mol. The van der Waals surface area contributed by atoms with E-state index in [9.17, 15) is 0 Å². The molecule has 1 saturated carbocycles. The molecule has 0 spiro atoms. The van der Waals surface area contributed by atoms with Gasteiger partial charge in [0.1, 0.15) is 0 Å². The van der Waals surface area contributed by atoms with Crippen LogP contribution in [0.3, 0.4) is 0 Å². The Morgan fingerprint density at radius 1 is 1.21 bits per heavy atom. The van der Waals surface area contributed by atoms with Crippen molar-refractivity contribution in [3.05, 3.63) is 5.82 Å². The Bertz CT molecular complexity index is 723. The minimum Gasteiger partial charge on any atom is -0.379 e. The third-order valence-corrected chi connectivity index (χ3v) is 4.36. The van der Waals surface area contributed by atoms with E-state index in [1.54, 1.807) is 4.52 Å². The van der Waals surface area contributed by atoms with Crippen LogP contribution in [0.2, 0.25) is 0 Å². The predicted octanol–water partition coefficient (Wildman–Crippen LogP) is 1.48. The first kappa shape index (κ1) is 10.9. The summed E-state index contributed by atoms with van der Waals surface area (Å²) in [6, 6.07) is 0. The van der Waals surface area contributed by atoms with Crippen LogP contribution in [0.4, 0.5) is 5.82 Å². The lowest BCUT2D eigenvalue weighted by molar-refractivity contribution is 0.310. The zero-order valence-electron chi connectivity index (χ0n) is 9.98. The van der Waals surface area contributed by atoms with Crippen molar-refractivity contribution in [2.24, 2.45) is 0 Å². The molecule has 0 bridgehead atoms. The first-order valence-electron chi connectivity index (χ1n) is 6.13. The summed E-state index contributed by atoms with van der Waals surface area (Å²) in [5.74, 6) is 1.63. The third kappa shape index (κ3) is 1.61. The van der Waals surface area contributed by atoms with E-state index in [-0.39, 0.29) is 5.82 Å². The van der Waals surface area contributed by atoms with Crippen molar-refractivity contribution in [1.82, 2.24) is 30.1 Å². The molecule has 3 heterocycles. The van der Waals surface area contributed by atoms with E-state index in [1.807, 2.05) is 0 Å². The van der Waals surface area contributed by atoms with Gasteiger partial charge in [-0.15, -0.1) is 10.2 Å². The van der Waals surface area contributed by atoms with Gasteiger partial charge in [0, 0.05) is 5.92 Å². The Balaban J connectivity index is 1.82. The van der Waals surface area contributed by atoms with Gasteiger partial charge in [-0.25, -0.2) is 4.63 Å². The molecule has 0 saturated heterocycles. The smallest absolute Gasteiger partial charge is 0.235 e. The molecule has 8 nitrogen and oxygen atoms in total. The number of anilines is 1. The van der Waals surface area contributed by atoms with Gasteiger partial charge >= 0.3 is 0 Å². The SMILES string of the molecule is Nc1nonc1-c1nn2c(C3CCCC3)nnc2s1. The summed E-state index contributed by atoms with van der Waals surface area (Å²) in [6.45, 7) is 0. The minimum atomic E-state index is 0.243. The maximum atomic E-state index is 5.68. The third-order valence-electron chi connectivity index (χ3n) is 3.45. The average Bonchev–Trinajstić information content (AvgIpc) is 3.10. The fourth-order valence-corrected chi connectivity index (χ4v) is 3.35. The molecule has 4 rings (SSSR count). The maximum Gasteiger partial charge on any atom is 0.235 e. The monoisotopic (exact) mass is 277 g/mol. The van der Waals surface area contributed by atoms with Crippen LogP contribution in [0, 0.1) is 0 Å². The Morgan fingerprint density at radius 2 is 2.05 bits per heavy atom. The number of hydrogen-bond acceptors (Lipinski definition) is 8. The second kappa shape index (κ2) is 3.98. The lowest BCUT2D eigenvalue weighted by Gasteiger charge is -2.03. The molecule has 0 amide bonds. The number of nitrogen functional groups attached to an aromatic ring is 1. The summed E-state index contributed by atoms with van der Waals surface area (Å²) >= 11 is 1.38. The molecular weight excluding hydrogens is 266 g/mol. The number of aromatic nitrogens is 6. The zero-order chi connectivity index (χ0) is 12.8. The van der Waals surface area contributed by atoms with Gasteiger partial charge in [-0.1, -0.05) is 24.2 Å². The van der Waals surface area contributed by atoms with Gasteiger partial charge in [0.15, 0.2) is 22.3 Å². The Kier molecular flexibility index (Phi) is 2.28. The highest BCUT2D eigenvalue weighted by Crippen LogP contribution is 2.35. The molecule has 98 valence electrons. The summed E-state index contributed by atoms with van der Waals surface area (Å²) in [6.07, 6.45) is 4.80. The van der Waals surface area contributed by atoms with Crippen LogP contribution in [-0.2, 0) is 0 Å². The van der Waals surface area contributed by atoms with Gasteiger partial charge in [0.2, 0.25) is 4.96 Å². The molecule has 3 aromatic rings. The van der Waals surface area contributed by atoms with E-state index in [0.29, 0.717) is 16.6 Å². The van der Waals surface area contributed by atoms with Crippen molar-refractivity contribution in [2.75, 3.05) is 5.73 Å². The summed E-state index contributed by atoms with van der Waals surface area (Å²) in [5, 5.41) is 20.9. The molecular formula is C10H11N7OS. The van der Waals surface area contributed by atoms with Crippen LogP contribution < -0.4 is 5.73 Å². The molecule has 0 radical (unpaired) electrons. The van der Waals surface area contributed by atoms with E-state index in [1.165, 1.54) is 24.2 Å². The van der Waals surface area contributed by atoms with Crippen LogP contribution in [0.5, 0.6) is 0 Å². The molecule has 19 heavy (non-hydrogen) atoms. The highest BCUT2D eigenvalue weighted by molar-refractivity contribution is 7.19. The first-order chi connectivity index (χ1) is 9.33. The summed E-state index contributed by atoms with van der Waals surface area (Å²) < 4.78 is 6.39. The highest BCUT2D eigenvalue weighted by atomic mass is 32.1. The fourth-order valence-electron chi connectivity index (χ4n) is 2.51. The highest BCUT2D eigenvalue weighted by Gasteiger charge is 2.25. The van der Waals surface area contributed by atoms with E-state index in [2.05, 4.69) is 30.2 Å². The number of rotatable bonds is 2. The molecule has 9 heteroatoms. The van der Waals surface area contributed by atoms with Gasteiger partial charge in [0.05, 0.1) is 0 Å². The molecule has 1 aliphatic rings. The van der Waals surface area contributed by atoms with Crippen molar-refractivity contribution < 1.29 is 4.63 Å². The fraction of sp³-hybridized carbons (Fsp3) is 0.500. The Morgan fingerprint density at radius 3 is 2.79 bits per heavy atom. The molecule has 2 N–H and O–H groups in total. The lowest BCUT2D eigenvalue weighted by Crippen LogP contribution is -2.01. The van der Waals surface area contributed by atoms with E-state index in [4.69, 9.17) is 5.73 Å². The molecule has 1 fully saturated rings. The van der Waals surface area contributed by atoms with Crippen LogP contribution >= 0.6 is 11.3 Å². The van der Waals surface area contributed by atoms with Crippen LogP contribution in [-0.4, -0.2) is 30.1 Å². The van der Waals surface area contributed by atoms with Crippen molar-refractivity contribution in [1.29, 1.82) is 0 Å². The number of nitrogens with zero attached hydrogens (tertiary/aromatic N) is 6. The first-order valence-corrected chi connectivity index (χ1v) is 6.95. The quantitative estimate of drug-likeness (QED) is 0.755. The normalized spacial score (nSPS) is 16.6. The summed E-state index contributed by atoms with van der Waals surface area (Å²) in [4.78, 5) is 0.749. The molecule has 0 atom stereocenters. The topological polar surface area (TPSA) is 108 Å². The second-order valence-corrected chi connectivity index (χ2v) is 5.60. The summed E-state index contributed by atoms with van der Waals surface area (Å²) in [5.41, 5.74) is 6.14.